The third-order valence-electron chi connectivity index (χ3n) is 2.99. The van der Waals surface area contributed by atoms with Gasteiger partial charge in [0.2, 0.25) is 5.16 Å². The fourth-order valence-corrected chi connectivity index (χ4v) is 2.76. The molecule has 0 spiro atoms. The SMILES string of the molecule is Cc1ccccc1-n1nnnc1SC[C@@H](C#N)CCC#N. The van der Waals surface area contributed by atoms with Crippen molar-refractivity contribution in [2.75, 3.05) is 5.75 Å². The van der Waals surface area contributed by atoms with Gasteiger partial charge in [-0.25, -0.2) is 0 Å². The molecule has 6 nitrogen and oxygen atoms in total. The molecule has 0 saturated carbocycles. The van der Waals surface area contributed by atoms with E-state index in [-0.39, 0.29) is 5.92 Å². The highest BCUT2D eigenvalue weighted by atomic mass is 32.2. The van der Waals surface area contributed by atoms with Crippen LogP contribution in [-0.2, 0) is 0 Å². The number of hydrogen-bond donors (Lipinski definition) is 0. The largest absolute Gasteiger partial charge is 0.214 e. The molecular weight excluding hydrogens is 284 g/mol. The molecule has 0 amide bonds. The monoisotopic (exact) mass is 298 g/mol. The summed E-state index contributed by atoms with van der Waals surface area (Å²) >= 11 is 1.44. The van der Waals surface area contributed by atoms with Crippen molar-refractivity contribution in [1.29, 1.82) is 10.5 Å². The highest BCUT2D eigenvalue weighted by molar-refractivity contribution is 7.99. The summed E-state index contributed by atoms with van der Waals surface area (Å²) in [5.74, 6) is 0.404. The molecule has 0 aliphatic rings. The Morgan fingerprint density at radius 1 is 1.33 bits per heavy atom. The van der Waals surface area contributed by atoms with E-state index >= 15 is 0 Å². The highest BCUT2D eigenvalue weighted by Gasteiger charge is 2.14. The zero-order valence-corrected chi connectivity index (χ0v) is 12.4. The van der Waals surface area contributed by atoms with Crippen LogP contribution in [0, 0.1) is 35.5 Å². The zero-order chi connectivity index (χ0) is 15.1. The number of tetrazole rings is 1. The van der Waals surface area contributed by atoms with Crippen LogP contribution in [0.15, 0.2) is 29.4 Å². The first-order chi connectivity index (χ1) is 10.3. The summed E-state index contributed by atoms with van der Waals surface area (Å²) < 4.78 is 1.68. The molecule has 0 radical (unpaired) electrons. The van der Waals surface area contributed by atoms with Crippen LogP contribution in [0.25, 0.3) is 5.69 Å². The second-order valence-electron chi connectivity index (χ2n) is 4.49. The van der Waals surface area contributed by atoms with Gasteiger partial charge in [0.05, 0.1) is 23.7 Å². The molecule has 0 saturated heterocycles. The number of para-hydroxylation sites is 1. The third kappa shape index (κ3) is 3.80. The van der Waals surface area contributed by atoms with E-state index in [0.717, 1.165) is 11.3 Å². The standard InChI is InChI=1S/C14H14N6S/c1-11-5-2-3-7-13(11)20-14(17-18-19-20)21-10-12(9-16)6-4-8-15/h2-3,5,7,12H,4,6,10H2,1H3/t12-/m1/s1. The molecule has 21 heavy (non-hydrogen) atoms. The summed E-state index contributed by atoms with van der Waals surface area (Å²) in [6.07, 6.45) is 0.966. The van der Waals surface area contributed by atoms with E-state index in [1.807, 2.05) is 31.2 Å². The first kappa shape index (κ1) is 15.0. The van der Waals surface area contributed by atoms with Crippen LogP contribution in [0.5, 0.6) is 0 Å². The molecule has 2 aromatic rings. The maximum atomic E-state index is 9.08. The number of aryl methyl sites for hydroxylation is 1. The van der Waals surface area contributed by atoms with Crippen molar-refractivity contribution < 1.29 is 0 Å². The van der Waals surface area contributed by atoms with E-state index in [1.54, 1.807) is 4.68 Å². The predicted octanol–water partition coefficient (Wildman–Crippen LogP) is 2.51. The minimum Gasteiger partial charge on any atom is -0.198 e. The van der Waals surface area contributed by atoms with E-state index < -0.39 is 0 Å². The Hall–Kier alpha value is -2.38. The summed E-state index contributed by atoms with van der Waals surface area (Å²) in [4.78, 5) is 0. The molecular formula is C14H14N6S. The van der Waals surface area contributed by atoms with Crippen molar-refractivity contribution in [2.24, 2.45) is 5.92 Å². The molecule has 106 valence electrons. The molecule has 1 heterocycles. The van der Waals surface area contributed by atoms with E-state index in [0.29, 0.717) is 23.8 Å². The topological polar surface area (TPSA) is 91.2 Å². The van der Waals surface area contributed by atoms with Crippen molar-refractivity contribution in [3.8, 4) is 17.8 Å². The van der Waals surface area contributed by atoms with Gasteiger partial charge in [-0.05, 0) is 35.4 Å². The lowest BCUT2D eigenvalue weighted by Gasteiger charge is -2.08. The van der Waals surface area contributed by atoms with E-state index in [4.69, 9.17) is 10.5 Å². The summed E-state index contributed by atoms with van der Waals surface area (Å²) in [6, 6.07) is 12.1. The first-order valence-corrected chi connectivity index (χ1v) is 7.48. The second-order valence-corrected chi connectivity index (χ2v) is 5.48. The first-order valence-electron chi connectivity index (χ1n) is 6.50. The highest BCUT2D eigenvalue weighted by Crippen LogP contribution is 2.23. The van der Waals surface area contributed by atoms with Gasteiger partial charge in [0.15, 0.2) is 0 Å². The predicted molar refractivity (Wildman–Crippen MR) is 78.6 cm³/mol. The van der Waals surface area contributed by atoms with Crippen LogP contribution in [0.2, 0.25) is 0 Å². The lowest BCUT2D eigenvalue weighted by Crippen LogP contribution is -2.04. The van der Waals surface area contributed by atoms with Crippen LogP contribution >= 0.6 is 11.8 Å². The fourth-order valence-electron chi connectivity index (χ4n) is 1.82. The molecule has 7 heteroatoms. The normalized spacial score (nSPS) is 11.6. The number of nitriles is 2. The number of benzene rings is 1. The quantitative estimate of drug-likeness (QED) is 0.761. The van der Waals surface area contributed by atoms with Gasteiger partial charge in [0.1, 0.15) is 0 Å². The lowest BCUT2D eigenvalue weighted by molar-refractivity contribution is 0.682. The van der Waals surface area contributed by atoms with E-state index in [9.17, 15) is 0 Å². The molecule has 0 fully saturated rings. The molecule has 0 bridgehead atoms. The maximum Gasteiger partial charge on any atom is 0.214 e. The van der Waals surface area contributed by atoms with Gasteiger partial charge in [0, 0.05) is 12.2 Å². The Morgan fingerprint density at radius 2 is 2.14 bits per heavy atom. The molecule has 0 N–H and O–H groups in total. The second kappa shape index (κ2) is 7.41. The van der Waals surface area contributed by atoms with Crippen LogP contribution < -0.4 is 0 Å². The smallest absolute Gasteiger partial charge is 0.198 e. The summed E-state index contributed by atoms with van der Waals surface area (Å²) in [5, 5.41) is 30.1. The Kier molecular flexibility index (Phi) is 5.30. The Labute approximate surface area is 127 Å². The van der Waals surface area contributed by atoms with Crippen molar-refractivity contribution in [2.45, 2.75) is 24.9 Å². The van der Waals surface area contributed by atoms with Crippen molar-refractivity contribution in [3.05, 3.63) is 29.8 Å². The Balaban J connectivity index is 2.10. The number of rotatable bonds is 6. The van der Waals surface area contributed by atoms with Gasteiger partial charge in [-0.3, -0.25) is 0 Å². The average Bonchev–Trinajstić information content (AvgIpc) is 2.96. The maximum absolute atomic E-state index is 9.08. The molecule has 0 aliphatic carbocycles. The minimum absolute atomic E-state index is 0.170. The van der Waals surface area contributed by atoms with Gasteiger partial charge < -0.3 is 0 Å². The molecule has 1 aromatic carbocycles. The third-order valence-corrected chi connectivity index (χ3v) is 4.07. The minimum atomic E-state index is -0.170. The van der Waals surface area contributed by atoms with Crippen LogP contribution in [-0.4, -0.2) is 26.0 Å². The average molecular weight is 298 g/mol. The van der Waals surface area contributed by atoms with Gasteiger partial charge in [0.25, 0.3) is 0 Å². The number of hydrogen-bond acceptors (Lipinski definition) is 6. The lowest BCUT2D eigenvalue weighted by atomic mass is 10.1. The Morgan fingerprint density at radius 3 is 2.86 bits per heavy atom. The van der Waals surface area contributed by atoms with Crippen LogP contribution in [0.1, 0.15) is 18.4 Å². The molecule has 0 unspecified atom stereocenters. The molecule has 1 atom stereocenters. The van der Waals surface area contributed by atoms with Crippen molar-refractivity contribution in [3.63, 3.8) is 0 Å². The number of nitrogens with zero attached hydrogens (tertiary/aromatic N) is 6. The van der Waals surface area contributed by atoms with Crippen molar-refractivity contribution in [1.82, 2.24) is 20.2 Å². The number of thioether (sulfide) groups is 1. The van der Waals surface area contributed by atoms with Gasteiger partial charge >= 0.3 is 0 Å². The zero-order valence-electron chi connectivity index (χ0n) is 11.6. The van der Waals surface area contributed by atoms with Gasteiger partial charge in [-0.2, -0.15) is 15.2 Å². The van der Waals surface area contributed by atoms with Gasteiger partial charge in [-0.1, -0.05) is 30.0 Å². The molecule has 1 aromatic heterocycles. The van der Waals surface area contributed by atoms with Crippen molar-refractivity contribution >= 4 is 11.8 Å². The van der Waals surface area contributed by atoms with Crippen LogP contribution in [0.4, 0.5) is 0 Å². The summed E-state index contributed by atoms with van der Waals surface area (Å²) in [5.41, 5.74) is 2.00. The summed E-state index contributed by atoms with van der Waals surface area (Å²) in [7, 11) is 0. The fraction of sp³-hybridized carbons (Fsp3) is 0.357. The molecule has 2 rings (SSSR count). The van der Waals surface area contributed by atoms with Gasteiger partial charge in [-0.15, -0.1) is 5.10 Å². The molecule has 0 aliphatic heterocycles. The summed E-state index contributed by atoms with van der Waals surface area (Å²) in [6.45, 7) is 2.00. The number of aromatic nitrogens is 4. The van der Waals surface area contributed by atoms with Crippen LogP contribution in [0.3, 0.4) is 0 Å². The van der Waals surface area contributed by atoms with E-state index in [1.165, 1.54) is 11.8 Å². The Bertz CT molecular complexity index is 681. The van der Waals surface area contributed by atoms with E-state index in [2.05, 4.69) is 27.7 Å².